The van der Waals surface area contributed by atoms with Crippen molar-refractivity contribution >= 4 is 23.0 Å². The summed E-state index contributed by atoms with van der Waals surface area (Å²) in [5.74, 6) is -2.75. The van der Waals surface area contributed by atoms with E-state index >= 15 is 0 Å². The zero-order chi connectivity index (χ0) is 31.9. The van der Waals surface area contributed by atoms with Crippen LogP contribution in [0, 0.1) is 0 Å². The van der Waals surface area contributed by atoms with Crippen LogP contribution in [0.15, 0.2) is 71.1 Å². The maximum absolute atomic E-state index is 13.6. The van der Waals surface area contributed by atoms with Crippen LogP contribution in [0.25, 0.3) is 33.2 Å². The number of amides is 2. The quantitative estimate of drug-likeness (QED) is 0.228. The summed E-state index contributed by atoms with van der Waals surface area (Å²) >= 11 is 0. The molecule has 4 aromatic rings. The summed E-state index contributed by atoms with van der Waals surface area (Å²) in [5.41, 5.74) is 1.17. The van der Waals surface area contributed by atoms with E-state index < -0.39 is 29.4 Å². The van der Waals surface area contributed by atoms with Crippen molar-refractivity contribution in [2.45, 2.75) is 57.9 Å². The first kappa shape index (κ1) is 31.0. The SMILES string of the molecule is CC(C)(C)OC(=O)NCc1cc2cc(-c3ccc(C(=O)N4CCC(F)(F)CC4)cc3)cc(-c3cccc(C(F)(F)F)c3)c2o1. The van der Waals surface area contributed by atoms with E-state index in [0.29, 0.717) is 39.0 Å². The number of nitrogens with one attached hydrogen (secondary N) is 1. The number of ether oxygens (including phenoxy) is 1. The highest BCUT2D eigenvalue weighted by Crippen LogP contribution is 2.39. The number of carbonyl (C=O) groups is 2. The molecule has 0 aliphatic carbocycles. The molecule has 6 nitrogen and oxygen atoms in total. The number of carbonyl (C=O) groups excluding carboxylic acids is 2. The lowest BCUT2D eigenvalue weighted by Gasteiger charge is -2.31. The molecule has 232 valence electrons. The van der Waals surface area contributed by atoms with Gasteiger partial charge in [-0.25, -0.2) is 13.6 Å². The minimum absolute atomic E-state index is 0.0137. The molecule has 1 aliphatic heterocycles. The van der Waals surface area contributed by atoms with Crippen LogP contribution < -0.4 is 5.32 Å². The van der Waals surface area contributed by atoms with E-state index in [1.165, 1.54) is 11.0 Å². The van der Waals surface area contributed by atoms with Crippen molar-refractivity contribution in [3.63, 3.8) is 0 Å². The molecule has 2 amide bonds. The second-order valence-corrected chi connectivity index (χ2v) is 11.8. The average molecular weight is 615 g/mol. The lowest BCUT2D eigenvalue weighted by molar-refractivity contribution is -0.137. The Bertz CT molecular complexity index is 1680. The Morgan fingerprint density at radius 2 is 1.59 bits per heavy atom. The number of hydrogen-bond acceptors (Lipinski definition) is 4. The number of alkyl halides is 5. The fourth-order valence-electron chi connectivity index (χ4n) is 5.04. The number of halogens is 5. The van der Waals surface area contributed by atoms with Crippen LogP contribution in [0.4, 0.5) is 26.7 Å². The number of rotatable bonds is 5. The molecule has 0 bridgehead atoms. The second-order valence-electron chi connectivity index (χ2n) is 11.8. The van der Waals surface area contributed by atoms with Crippen molar-refractivity contribution in [1.29, 1.82) is 0 Å². The number of hydrogen-bond donors (Lipinski definition) is 1. The molecule has 0 atom stereocenters. The molecule has 1 aromatic heterocycles. The zero-order valence-electron chi connectivity index (χ0n) is 24.4. The van der Waals surface area contributed by atoms with Gasteiger partial charge in [0.05, 0.1) is 12.1 Å². The van der Waals surface area contributed by atoms with Crippen molar-refractivity contribution in [1.82, 2.24) is 10.2 Å². The molecule has 0 saturated carbocycles. The minimum atomic E-state index is -4.55. The van der Waals surface area contributed by atoms with Gasteiger partial charge in [0, 0.05) is 42.4 Å². The van der Waals surface area contributed by atoms with Crippen LogP contribution in [0.2, 0.25) is 0 Å². The van der Waals surface area contributed by atoms with Gasteiger partial charge >= 0.3 is 12.3 Å². The van der Waals surface area contributed by atoms with E-state index in [1.54, 1.807) is 69.3 Å². The number of fused-ring (bicyclic) bond motifs is 1. The highest BCUT2D eigenvalue weighted by molar-refractivity contribution is 5.98. The topological polar surface area (TPSA) is 71.8 Å². The summed E-state index contributed by atoms with van der Waals surface area (Å²) in [7, 11) is 0. The van der Waals surface area contributed by atoms with Crippen LogP contribution in [0.3, 0.4) is 0 Å². The van der Waals surface area contributed by atoms with E-state index in [4.69, 9.17) is 9.15 Å². The lowest BCUT2D eigenvalue weighted by Crippen LogP contribution is -2.42. The molecular formula is C33H31F5N2O4. The Morgan fingerprint density at radius 3 is 2.23 bits per heavy atom. The summed E-state index contributed by atoms with van der Waals surface area (Å²) < 4.78 is 79.1. The molecule has 44 heavy (non-hydrogen) atoms. The monoisotopic (exact) mass is 614 g/mol. The van der Waals surface area contributed by atoms with Crippen molar-refractivity contribution < 1.29 is 40.7 Å². The maximum Gasteiger partial charge on any atom is 0.416 e. The standard InChI is InChI=1S/C33H31F5N2O4/c1-31(2,3)44-30(42)39-19-26-17-24-15-23(18-27(28(24)43-26)22-5-4-6-25(16-22)33(36,37)38)20-7-9-21(10-8-20)29(41)40-13-11-32(34,35)12-14-40/h4-10,15-18H,11-14,19H2,1-3H3,(H,39,42). The Balaban J connectivity index is 1.48. The summed E-state index contributed by atoms with van der Waals surface area (Å²) in [4.78, 5) is 26.5. The van der Waals surface area contributed by atoms with Gasteiger partial charge in [0.15, 0.2) is 0 Å². The number of piperidine rings is 1. The van der Waals surface area contributed by atoms with E-state index in [9.17, 15) is 31.5 Å². The fourth-order valence-corrected chi connectivity index (χ4v) is 5.04. The third kappa shape index (κ3) is 7.20. The molecule has 3 aromatic carbocycles. The van der Waals surface area contributed by atoms with Gasteiger partial charge in [-0.15, -0.1) is 0 Å². The summed E-state index contributed by atoms with van der Waals surface area (Å²) in [6.07, 6.45) is -5.96. The minimum Gasteiger partial charge on any atom is -0.459 e. The average Bonchev–Trinajstić information content (AvgIpc) is 3.37. The molecule has 0 radical (unpaired) electrons. The third-order valence-electron chi connectivity index (χ3n) is 7.22. The number of benzene rings is 3. The summed E-state index contributed by atoms with van der Waals surface area (Å²) in [6.45, 7) is 5.11. The molecular weight excluding hydrogens is 583 g/mol. The van der Waals surface area contributed by atoms with E-state index in [0.717, 1.165) is 12.1 Å². The predicted molar refractivity (Wildman–Crippen MR) is 155 cm³/mol. The Labute approximate surface area is 250 Å². The van der Waals surface area contributed by atoms with Crippen molar-refractivity contribution in [2.75, 3.05) is 13.1 Å². The van der Waals surface area contributed by atoms with Gasteiger partial charge in [0.1, 0.15) is 16.9 Å². The van der Waals surface area contributed by atoms with Crippen LogP contribution in [0.1, 0.15) is 55.3 Å². The number of alkyl carbamates (subject to hydrolysis) is 1. The molecule has 1 fully saturated rings. The normalized spacial score (nSPS) is 15.3. The van der Waals surface area contributed by atoms with E-state index in [-0.39, 0.29) is 43.9 Å². The van der Waals surface area contributed by atoms with Gasteiger partial charge in [-0.05, 0) is 79.9 Å². The Kier molecular flexibility index (Phi) is 8.17. The third-order valence-corrected chi connectivity index (χ3v) is 7.22. The Morgan fingerprint density at radius 1 is 0.909 bits per heavy atom. The maximum atomic E-state index is 13.6. The van der Waals surface area contributed by atoms with Gasteiger partial charge in [0.2, 0.25) is 0 Å². The van der Waals surface area contributed by atoms with Gasteiger partial charge in [-0.1, -0.05) is 24.3 Å². The van der Waals surface area contributed by atoms with Crippen LogP contribution in [0.5, 0.6) is 0 Å². The van der Waals surface area contributed by atoms with E-state index in [1.807, 2.05) is 0 Å². The molecule has 11 heteroatoms. The number of nitrogens with zero attached hydrogens (tertiary/aromatic N) is 1. The smallest absolute Gasteiger partial charge is 0.416 e. The molecule has 0 unspecified atom stereocenters. The highest BCUT2D eigenvalue weighted by atomic mass is 19.4. The van der Waals surface area contributed by atoms with Gasteiger partial charge in [0.25, 0.3) is 11.8 Å². The molecule has 1 aliphatic rings. The second kappa shape index (κ2) is 11.6. The molecule has 0 spiro atoms. The molecule has 1 N–H and O–H groups in total. The predicted octanol–water partition coefficient (Wildman–Crippen LogP) is 8.68. The van der Waals surface area contributed by atoms with Gasteiger partial charge in [-0.3, -0.25) is 4.79 Å². The number of likely N-dealkylation sites (tertiary alicyclic amines) is 1. The molecule has 2 heterocycles. The van der Waals surface area contributed by atoms with E-state index in [2.05, 4.69) is 5.32 Å². The first-order chi connectivity index (χ1) is 20.6. The first-order valence-electron chi connectivity index (χ1n) is 14.1. The summed E-state index contributed by atoms with van der Waals surface area (Å²) in [5, 5.41) is 3.21. The largest absolute Gasteiger partial charge is 0.459 e. The van der Waals surface area contributed by atoms with Crippen molar-refractivity contribution in [2.24, 2.45) is 0 Å². The van der Waals surface area contributed by atoms with Crippen molar-refractivity contribution in [3.05, 3.63) is 83.6 Å². The van der Waals surface area contributed by atoms with Gasteiger partial charge in [-0.2, -0.15) is 13.2 Å². The fraction of sp³-hybridized carbons (Fsp3) is 0.333. The van der Waals surface area contributed by atoms with Crippen molar-refractivity contribution in [3.8, 4) is 22.3 Å². The van der Waals surface area contributed by atoms with Crippen LogP contribution >= 0.6 is 0 Å². The summed E-state index contributed by atoms with van der Waals surface area (Å²) in [6, 6.07) is 16.7. The highest BCUT2D eigenvalue weighted by Gasteiger charge is 2.36. The zero-order valence-corrected chi connectivity index (χ0v) is 24.4. The van der Waals surface area contributed by atoms with Crippen LogP contribution in [-0.2, 0) is 17.5 Å². The molecule has 1 saturated heterocycles. The number of furan rings is 1. The van der Waals surface area contributed by atoms with Gasteiger partial charge < -0.3 is 19.4 Å². The first-order valence-corrected chi connectivity index (χ1v) is 14.1. The molecule has 5 rings (SSSR count). The Hall–Kier alpha value is -4.41. The van der Waals surface area contributed by atoms with Crippen LogP contribution in [-0.4, -0.2) is 41.5 Å². The lowest BCUT2D eigenvalue weighted by atomic mass is 9.95.